The average Bonchev–Trinajstić information content (AvgIpc) is 2.45. The van der Waals surface area contributed by atoms with Gasteiger partial charge in [-0.25, -0.2) is 0 Å². The Labute approximate surface area is 142 Å². The molecule has 0 aromatic carbocycles. The van der Waals surface area contributed by atoms with Crippen molar-refractivity contribution in [1.29, 1.82) is 0 Å². The zero-order valence-corrected chi connectivity index (χ0v) is 15.7. The maximum atomic E-state index is 8.92. The van der Waals surface area contributed by atoms with Gasteiger partial charge < -0.3 is 15.5 Å². The van der Waals surface area contributed by atoms with Crippen LogP contribution in [0.25, 0.3) is 0 Å². The van der Waals surface area contributed by atoms with Crippen molar-refractivity contribution in [3.05, 3.63) is 0 Å². The number of unbranched alkanes of at least 4 members (excludes halogenated alkanes) is 9. The molecule has 0 aliphatic rings. The summed E-state index contributed by atoms with van der Waals surface area (Å²) in [5.74, 6) is 0. The zero-order chi connectivity index (χ0) is 14.9. The third kappa shape index (κ3) is 18.3. The van der Waals surface area contributed by atoms with Gasteiger partial charge in [0.2, 0.25) is 0 Å². The second-order valence-electron chi connectivity index (χ2n) is 5.86. The van der Waals surface area contributed by atoms with Crippen LogP contribution in [-0.2, 0) is 0 Å². The molecule has 0 fully saturated rings. The van der Waals surface area contributed by atoms with E-state index in [1.807, 2.05) is 0 Å². The Morgan fingerprint density at radius 1 is 0.714 bits per heavy atom. The highest BCUT2D eigenvalue weighted by atomic mass is 79.9. The van der Waals surface area contributed by atoms with E-state index < -0.39 is 0 Å². The summed E-state index contributed by atoms with van der Waals surface area (Å²) in [5.41, 5.74) is 0. The van der Waals surface area contributed by atoms with Crippen LogP contribution in [-0.4, -0.2) is 36.0 Å². The largest absolute Gasteiger partial charge is 0.396 e. The molecule has 0 saturated heterocycles. The van der Waals surface area contributed by atoms with Crippen LogP contribution in [0.1, 0.15) is 84.0 Å². The lowest BCUT2D eigenvalue weighted by molar-refractivity contribution is 0.227. The maximum absolute atomic E-state index is 8.92. The number of nitrogens with one attached hydrogen (secondary N) is 1. The number of aliphatic hydroxyl groups excluding tert-OH is 2. The van der Waals surface area contributed by atoms with E-state index in [0.29, 0.717) is 0 Å². The van der Waals surface area contributed by atoms with Crippen molar-refractivity contribution in [1.82, 2.24) is 5.32 Å². The topological polar surface area (TPSA) is 52.5 Å². The van der Waals surface area contributed by atoms with E-state index in [2.05, 4.69) is 12.2 Å². The molecule has 0 spiro atoms. The first kappa shape index (κ1) is 23.6. The van der Waals surface area contributed by atoms with E-state index >= 15 is 0 Å². The van der Waals surface area contributed by atoms with E-state index in [1.165, 1.54) is 64.2 Å². The van der Waals surface area contributed by atoms with Crippen LogP contribution < -0.4 is 5.32 Å². The standard InChI is InChI=1S/C17H37NO2.BrH/c1-2-3-4-5-6-7-8-9-10-11-14-18-17(12-15-19)13-16-20;/h17-20H,2-16H2,1H3;1H. The van der Waals surface area contributed by atoms with Crippen molar-refractivity contribution in [3.8, 4) is 0 Å². The van der Waals surface area contributed by atoms with Gasteiger partial charge in [0.15, 0.2) is 0 Å². The predicted molar refractivity (Wildman–Crippen MR) is 97.4 cm³/mol. The monoisotopic (exact) mass is 367 g/mol. The van der Waals surface area contributed by atoms with E-state index in [4.69, 9.17) is 10.2 Å². The van der Waals surface area contributed by atoms with Crippen molar-refractivity contribution >= 4 is 17.0 Å². The summed E-state index contributed by atoms with van der Waals surface area (Å²) >= 11 is 0. The van der Waals surface area contributed by atoms with Gasteiger partial charge in [-0.2, -0.15) is 0 Å². The van der Waals surface area contributed by atoms with E-state index in [0.717, 1.165) is 19.4 Å². The summed E-state index contributed by atoms with van der Waals surface area (Å²) in [4.78, 5) is 0. The molecule has 0 aromatic rings. The first-order chi connectivity index (χ1) is 9.85. The summed E-state index contributed by atoms with van der Waals surface area (Å²) in [6.07, 6.45) is 15.1. The quantitative estimate of drug-likeness (QED) is 0.358. The smallest absolute Gasteiger partial charge is 0.0445 e. The Balaban J connectivity index is 0. The molecule has 0 aromatic heterocycles. The molecule has 21 heavy (non-hydrogen) atoms. The summed E-state index contributed by atoms with van der Waals surface area (Å²) in [6.45, 7) is 3.69. The minimum Gasteiger partial charge on any atom is -0.396 e. The third-order valence-corrected chi connectivity index (χ3v) is 3.92. The molecule has 0 aliphatic heterocycles. The van der Waals surface area contributed by atoms with Crippen molar-refractivity contribution in [2.75, 3.05) is 19.8 Å². The van der Waals surface area contributed by atoms with Crippen molar-refractivity contribution in [2.45, 2.75) is 90.0 Å². The molecular weight excluding hydrogens is 330 g/mol. The second kappa shape index (κ2) is 20.4. The first-order valence-corrected chi connectivity index (χ1v) is 8.80. The lowest BCUT2D eigenvalue weighted by Gasteiger charge is -2.16. The Hall–Kier alpha value is 0.360. The SMILES string of the molecule is Br.CCCCCCCCCCCCNC(CCO)CCO. The Morgan fingerprint density at radius 3 is 1.57 bits per heavy atom. The van der Waals surface area contributed by atoms with Gasteiger partial charge in [0.25, 0.3) is 0 Å². The Kier molecular flexibility index (Phi) is 22.9. The van der Waals surface area contributed by atoms with E-state index in [1.54, 1.807) is 0 Å². The second-order valence-corrected chi connectivity index (χ2v) is 5.86. The third-order valence-electron chi connectivity index (χ3n) is 3.92. The summed E-state index contributed by atoms with van der Waals surface area (Å²) in [7, 11) is 0. The molecule has 0 radical (unpaired) electrons. The molecule has 4 heteroatoms. The van der Waals surface area contributed by atoms with E-state index in [9.17, 15) is 0 Å². The summed E-state index contributed by atoms with van der Waals surface area (Å²) in [6, 6.07) is 0.281. The van der Waals surface area contributed by atoms with Gasteiger partial charge in [0.05, 0.1) is 0 Å². The minimum absolute atomic E-state index is 0. The molecule has 3 N–H and O–H groups in total. The zero-order valence-electron chi connectivity index (χ0n) is 14.0. The van der Waals surface area contributed by atoms with Crippen molar-refractivity contribution < 1.29 is 10.2 Å². The average molecular weight is 368 g/mol. The van der Waals surface area contributed by atoms with Gasteiger partial charge in [-0.15, -0.1) is 17.0 Å². The van der Waals surface area contributed by atoms with Crippen LogP contribution in [0, 0.1) is 0 Å². The minimum atomic E-state index is 0. The van der Waals surface area contributed by atoms with Gasteiger partial charge in [-0.1, -0.05) is 64.7 Å². The van der Waals surface area contributed by atoms with Gasteiger partial charge >= 0.3 is 0 Å². The highest BCUT2D eigenvalue weighted by molar-refractivity contribution is 8.93. The first-order valence-electron chi connectivity index (χ1n) is 8.80. The summed E-state index contributed by atoms with van der Waals surface area (Å²) in [5, 5.41) is 21.3. The fourth-order valence-corrected chi connectivity index (χ4v) is 2.58. The Bertz CT molecular complexity index is 176. The fourth-order valence-electron chi connectivity index (χ4n) is 2.58. The van der Waals surface area contributed by atoms with Crippen LogP contribution in [0.15, 0.2) is 0 Å². The molecule has 130 valence electrons. The number of aliphatic hydroxyl groups is 2. The molecular formula is C17H38BrNO2. The van der Waals surface area contributed by atoms with Gasteiger partial charge in [-0.3, -0.25) is 0 Å². The normalized spacial score (nSPS) is 10.9. The number of rotatable bonds is 16. The molecule has 0 rings (SSSR count). The summed E-state index contributed by atoms with van der Waals surface area (Å²) < 4.78 is 0. The van der Waals surface area contributed by atoms with Gasteiger partial charge in [0, 0.05) is 19.3 Å². The fraction of sp³-hybridized carbons (Fsp3) is 1.00. The van der Waals surface area contributed by atoms with E-state index in [-0.39, 0.29) is 36.2 Å². The van der Waals surface area contributed by atoms with Crippen LogP contribution in [0.5, 0.6) is 0 Å². The molecule has 0 unspecified atom stereocenters. The molecule has 3 nitrogen and oxygen atoms in total. The van der Waals surface area contributed by atoms with Crippen LogP contribution in [0.3, 0.4) is 0 Å². The van der Waals surface area contributed by atoms with Crippen LogP contribution in [0.4, 0.5) is 0 Å². The van der Waals surface area contributed by atoms with Crippen LogP contribution in [0.2, 0.25) is 0 Å². The molecule has 0 amide bonds. The predicted octanol–water partition coefficient (Wildman–Crippen LogP) is 4.21. The van der Waals surface area contributed by atoms with Crippen molar-refractivity contribution in [2.24, 2.45) is 0 Å². The Morgan fingerprint density at radius 2 is 1.14 bits per heavy atom. The maximum Gasteiger partial charge on any atom is 0.0445 e. The lowest BCUT2D eigenvalue weighted by atomic mass is 10.1. The lowest BCUT2D eigenvalue weighted by Crippen LogP contribution is -2.31. The molecule has 0 heterocycles. The van der Waals surface area contributed by atoms with Gasteiger partial charge in [0.1, 0.15) is 0 Å². The molecule has 0 bridgehead atoms. The number of halogens is 1. The molecule has 0 atom stereocenters. The molecule has 0 aliphatic carbocycles. The highest BCUT2D eigenvalue weighted by Crippen LogP contribution is 2.10. The van der Waals surface area contributed by atoms with Crippen LogP contribution >= 0.6 is 17.0 Å². The van der Waals surface area contributed by atoms with Crippen molar-refractivity contribution in [3.63, 3.8) is 0 Å². The number of hydrogen-bond donors (Lipinski definition) is 3. The number of hydrogen-bond acceptors (Lipinski definition) is 3. The van der Waals surface area contributed by atoms with Gasteiger partial charge in [-0.05, 0) is 25.8 Å². The molecule has 0 saturated carbocycles. The highest BCUT2D eigenvalue weighted by Gasteiger charge is 2.05.